The van der Waals surface area contributed by atoms with Crippen LogP contribution in [0.5, 0.6) is 0 Å². The third kappa shape index (κ3) is 4.25. The quantitative estimate of drug-likeness (QED) is 0.842. The highest BCUT2D eigenvalue weighted by Crippen LogP contribution is 2.12. The van der Waals surface area contributed by atoms with E-state index in [1.807, 2.05) is 6.07 Å². The van der Waals surface area contributed by atoms with E-state index in [4.69, 9.17) is 10.4 Å². The highest BCUT2D eigenvalue weighted by molar-refractivity contribution is 7.90. The minimum absolute atomic E-state index is 0.298. The molecule has 0 saturated heterocycles. The van der Waals surface area contributed by atoms with Crippen LogP contribution in [0.1, 0.15) is 17.5 Å². The molecule has 0 saturated carbocycles. The standard InChI is InChI=1S/C11H11NO4S/c12-7-9-3-1-2-4-10(9)8-17(15,16)6-5-11(13)14/h1-4H,5-6,8H2,(H,13,14). The van der Waals surface area contributed by atoms with E-state index in [0.29, 0.717) is 11.1 Å². The third-order valence-corrected chi connectivity index (χ3v) is 3.72. The summed E-state index contributed by atoms with van der Waals surface area (Å²) in [7, 11) is -3.49. The van der Waals surface area contributed by atoms with Gasteiger partial charge in [-0.2, -0.15) is 5.26 Å². The monoisotopic (exact) mass is 253 g/mol. The molecule has 0 unspecified atom stereocenters. The molecule has 90 valence electrons. The number of hydrogen-bond acceptors (Lipinski definition) is 4. The Morgan fingerprint density at radius 1 is 1.35 bits per heavy atom. The maximum atomic E-state index is 11.6. The predicted molar refractivity (Wildman–Crippen MR) is 60.9 cm³/mol. The van der Waals surface area contributed by atoms with E-state index < -0.39 is 28.0 Å². The number of carbonyl (C=O) groups is 1. The molecule has 17 heavy (non-hydrogen) atoms. The first kappa shape index (κ1) is 13.2. The minimum atomic E-state index is -3.49. The topological polar surface area (TPSA) is 95.2 Å². The first-order valence-corrected chi connectivity index (χ1v) is 6.67. The molecule has 5 nitrogen and oxygen atoms in total. The second-order valence-corrected chi connectivity index (χ2v) is 5.69. The van der Waals surface area contributed by atoms with Crippen LogP contribution in [0.2, 0.25) is 0 Å². The van der Waals surface area contributed by atoms with Gasteiger partial charge in [0.15, 0.2) is 9.84 Å². The zero-order chi connectivity index (χ0) is 12.9. The summed E-state index contributed by atoms with van der Waals surface area (Å²) in [5, 5.41) is 17.2. The highest BCUT2D eigenvalue weighted by Gasteiger charge is 2.15. The van der Waals surface area contributed by atoms with Gasteiger partial charge in [-0.3, -0.25) is 4.79 Å². The Bertz CT molecular complexity index is 557. The van der Waals surface area contributed by atoms with Crippen LogP contribution in [-0.4, -0.2) is 25.2 Å². The molecular weight excluding hydrogens is 242 g/mol. The van der Waals surface area contributed by atoms with Gasteiger partial charge in [-0.05, 0) is 11.6 Å². The number of hydrogen-bond donors (Lipinski definition) is 1. The van der Waals surface area contributed by atoms with Crippen molar-refractivity contribution in [2.75, 3.05) is 5.75 Å². The Labute approximate surface area is 99.2 Å². The van der Waals surface area contributed by atoms with Crippen LogP contribution < -0.4 is 0 Å². The summed E-state index contributed by atoms with van der Waals surface area (Å²) in [6.07, 6.45) is -0.420. The molecule has 0 atom stereocenters. The van der Waals surface area contributed by atoms with Gasteiger partial charge < -0.3 is 5.11 Å². The first-order valence-electron chi connectivity index (χ1n) is 4.85. The van der Waals surface area contributed by atoms with Gasteiger partial charge in [0.05, 0.1) is 29.6 Å². The van der Waals surface area contributed by atoms with Crippen molar-refractivity contribution in [3.05, 3.63) is 35.4 Å². The summed E-state index contributed by atoms with van der Waals surface area (Å²) in [6, 6.07) is 8.27. The molecule has 0 amide bonds. The normalized spacial score (nSPS) is 10.8. The molecule has 0 radical (unpaired) electrons. The van der Waals surface area contributed by atoms with Crippen LogP contribution in [0.4, 0.5) is 0 Å². The van der Waals surface area contributed by atoms with Crippen LogP contribution in [0.15, 0.2) is 24.3 Å². The average molecular weight is 253 g/mol. The van der Waals surface area contributed by atoms with Gasteiger partial charge in [0, 0.05) is 0 Å². The van der Waals surface area contributed by atoms with Crippen molar-refractivity contribution < 1.29 is 18.3 Å². The van der Waals surface area contributed by atoms with Gasteiger partial charge in [-0.15, -0.1) is 0 Å². The fourth-order valence-corrected chi connectivity index (χ4v) is 2.66. The Hall–Kier alpha value is -1.87. The van der Waals surface area contributed by atoms with Crippen molar-refractivity contribution in [1.29, 1.82) is 5.26 Å². The highest BCUT2D eigenvalue weighted by atomic mass is 32.2. The summed E-state index contributed by atoms with van der Waals surface area (Å²) < 4.78 is 23.2. The molecule has 0 aliphatic heterocycles. The maximum Gasteiger partial charge on any atom is 0.304 e. The van der Waals surface area contributed by atoms with Crippen molar-refractivity contribution in [3.63, 3.8) is 0 Å². The van der Waals surface area contributed by atoms with Crippen LogP contribution >= 0.6 is 0 Å². The lowest BCUT2D eigenvalue weighted by Gasteiger charge is -2.04. The summed E-state index contributed by atoms with van der Waals surface area (Å²) in [5.74, 6) is -1.87. The Kier molecular flexibility index (Phi) is 4.24. The summed E-state index contributed by atoms with van der Waals surface area (Å²) in [4.78, 5) is 10.3. The molecule has 0 aliphatic rings. The maximum absolute atomic E-state index is 11.6. The molecule has 0 heterocycles. The fourth-order valence-electron chi connectivity index (χ4n) is 1.31. The third-order valence-electron chi connectivity index (χ3n) is 2.14. The van der Waals surface area contributed by atoms with E-state index in [9.17, 15) is 13.2 Å². The fraction of sp³-hybridized carbons (Fsp3) is 0.273. The van der Waals surface area contributed by atoms with Crippen LogP contribution in [0, 0.1) is 11.3 Å². The van der Waals surface area contributed by atoms with E-state index in [1.165, 1.54) is 6.07 Å². The van der Waals surface area contributed by atoms with Gasteiger partial charge in [0.2, 0.25) is 0 Å². The number of rotatable bonds is 5. The van der Waals surface area contributed by atoms with Crippen molar-refractivity contribution in [2.24, 2.45) is 0 Å². The summed E-state index contributed by atoms with van der Waals surface area (Å²) in [6.45, 7) is 0. The molecule has 1 rings (SSSR count). The van der Waals surface area contributed by atoms with Crippen molar-refractivity contribution in [1.82, 2.24) is 0 Å². The molecule has 1 N–H and O–H groups in total. The molecule has 6 heteroatoms. The lowest BCUT2D eigenvalue weighted by atomic mass is 10.1. The number of nitriles is 1. The lowest BCUT2D eigenvalue weighted by Crippen LogP contribution is -2.13. The van der Waals surface area contributed by atoms with Gasteiger partial charge in [-0.25, -0.2) is 8.42 Å². The van der Waals surface area contributed by atoms with E-state index in [1.54, 1.807) is 18.2 Å². The van der Waals surface area contributed by atoms with Crippen LogP contribution in [0.3, 0.4) is 0 Å². The van der Waals surface area contributed by atoms with Gasteiger partial charge in [0.25, 0.3) is 0 Å². The van der Waals surface area contributed by atoms with Crippen LogP contribution in [-0.2, 0) is 20.4 Å². The van der Waals surface area contributed by atoms with Gasteiger partial charge in [-0.1, -0.05) is 18.2 Å². The number of carboxylic acids is 1. The molecule has 1 aromatic rings. The largest absolute Gasteiger partial charge is 0.481 e. The minimum Gasteiger partial charge on any atom is -0.481 e. The number of sulfone groups is 1. The Balaban J connectivity index is 2.84. The smallest absolute Gasteiger partial charge is 0.304 e. The zero-order valence-electron chi connectivity index (χ0n) is 8.96. The molecular formula is C11H11NO4S. The van der Waals surface area contributed by atoms with Crippen molar-refractivity contribution in [3.8, 4) is 6.07 Å². The second kappa shape index (κ2) is 5.46. The molecule has 1 aromatic carbocycles. The van der Waals surface area contributed by atoms with Gasteiger partial charge in [0.1, 0.15) is 0 Å². The van der Waals surface area contributed by atoms with Crippen molar-refractivity contribution >= 4 is 15.8 Å². The van der Waals surface area contributed by atoms with E-state index in [2.05, 4.69) is 0 Å². The predicted octanol–water partition coefficient (Wildman–Crippen LogP) is 0.948. The number of nitrogens with zero attached hydrogens (tertiary/aromatic N) is 1. The zero-order valence-corrected chi connectivity index (χ0v) is 9.77. The van der Waals surface area contributed by atoms with E-state index >= 15 is 0 Å². The average Bonchev–Trinajstić information content (AvgIpc) is 2.27. The molecule has 0 spiro atoms. The van der Waals surface area contributed by atoms with E-state index in [0.717, 1.165) is 0 Å². The molecule has 0 aromatic heterocycles. The molecule has 0 bridgehead atoms. The Morgan fingerprint density at radius 2 is 2.00 bits per heavy atom. The second-order valence-electron chi connectivity index (χ2n) is 3.50. The number of aliphatic carboxylic acids is 1. The van der Waals surface area contributed by atoms with E-state index in [-0.39, 0.29) is 5.75 Å². The summed E-state index contributed by atoms with van der Waals surface area (Å²) in [5.41, 5.74) is 0.701. The van der Waals surface area contributed by atoms with Gasteiger partial charge >= 0.3 is 5.97 Å². The molecule has 0 fully saturated rings. The first-order chi connectivity index (χ1) is 7.94. The summed E-state index contributed by atoms with van der Waals surface area (Å²) >= 11 is 0. The van der Waals surface area contributed by atoms with Crippen LogP contribution in [0.25, 0.3) is 0 Å². The number of benzene rings is 1. The van der Waals surface area contributed by atoms with Crippen molar-refractivity contribution in [2.45, 2.75) is 12.2 Å². The lowest BCUT2D eigenvalue weighted by molar-refractivity contribution is -0.136. The number of carboxylic acid groups (broad SMARTS) is 1. The Morgan fingerprint density at radius 3 is 2.59 bits per heavy atom. The SMILES string of the molecule is N#Cc1ccccc1CS(=O)(=O)CCC(=O)O. The molecule has 0 aliphatic carbocycles.